The fourth-order valence-corrected chi connectivity index (χ4v) is 2.37. The average Bonchev–Trinajstić information content (AvgIpc) is 2.59. The second kappa shape index (κ2) is 4.52. The van der Waals surface area contributed by atoms with Crippen LogP contribution in [0.1, 0.15) is 39.1 Å². The zero-order valence-corrected chi connectivity index (χ0v) is 13.5. The van der Waals surface area contributed by atoms with Gasteiger partial charge < -0.3 is 9.31 Å². The summed E-state index contributed by atoms with van der Waals surface area (Å²) < 4.78 is 12.2. The third kappa shape index (κ3) is 2.34. The molecule has 1 fully saturated rings. The van der Waals surface area contributed by atoms with Crippen LogP contribution in [0, 0.1) is 13.8 Å². The summed E-state index contributed by atoms with van der Waals surface area (Å²) in [5, 5.41) is 0. The topological polar surface area (TPSA) is 44.2 Å². The molecule has 0 amide bonds. The number of nitrogens with zero attached hydrogens (tertiary/aromatic N) is 2. The number of hydrogen-bond acceptors (Lipinski definition) is 4. The van der Waals surface area contributed by atoms with E-state index in [2.05, 4.69) is 37.7 Å². The summed E-state index contributed by atoms with van der Waals surface area (Å²) in [6.07, 6.45) is 0. The van der Waals surface area contributed by atoms with Gasteiger partial charge in [-0.2, -0.15) is 0 Å². The molecule has 0 spiro atoms. The van der Waals surface area contributed by atoms with Crippen molar-refractivity contribution in [2.75, 3.05) is 0 Å². The van der Waals surface area contributed by atoms with Crippen LogP contribution in [0.4, 0.5) is 0 Å². The van der Waals surface area contributed by atoms with Crippen LogP contribution in [0.3, 0.4) is 0 Å². The van der Waals surface area contributed by atoms with E-state index >= 15 is 0 Å². The van der Waals surface area contributed by atoms with E-state index in [1.54, 1.807) is 0 Å². The highest BCUT2D eigenvalue weighted by atomic mass is 16.7. The lowest BCUT2D eigenvalue weighted by Crippen LogP contribution is -2.41. The molecule has 1 saturated heterocycles. The first-order chi connectivity index (χ1) is 9.69. The van der Waals surface area contributed by atoms with E-state index in [0.29, 0.717) is 0 Å². The molecule has 110 valence electrons. The molecule has 0 atom stereocenters. The van der Waals surface area contributed by atoms with Gasteiger partial charge in [0.1, 0.15) is 0 Å². The summed E-state index contributed by atoms with van der Waals surface area (Å²) in [5.74, 6) is 0. The number of benzene rings is 1. The molecule has 0 saturated carbocycles. The minimum absolute atomic E-state index is 0.332. The predicted octanol–water partition coefficient (Wildman–Crippen LogP) is 2.55. The summed E-state index contributed by atoms with van der Waals surface area (Å²) >= 11 is 0. The lowest BCUT2D eigenvalue weighted by Gasteiger charge is -2.32. The van der Waals surface area contributed by atoms with Crippen molar-refractivity contribution >= 4 is 23.6 Å². The molecule has 3 rings (SSSR count). The maximum Gasteiger partial charge on any atom is 0.494 e. The SMILES string of the molecule is Cc1nc2ccc(B3OC(C)(C)C(C)(C)O3)cc2nc1C. The number of rotatable bonds is 1. The number of aromatic nitrogens is 2. The Balaban J connectivity index is 2.01. The van der Waals surface area contributed by atoms with Gasteiger partial charge in [-0.1, -0.05) is 6.07 Å². The van der Waals surface area contributed by atoms with Crippen LogP contribution in [0.5, 0.6) is 0 Å². The van der Waals surface area contributed by atoms with Crippen molar-refractivity contribution in [2.45, 2.75) is 52.7 Å². The summed E-state index contributed by atoms with van der Waals surface area (Å²) in [5.41, 5.74) is 4.02. The highest BCUT2D eigenvalue weighted by molar-refractivity contribution is 6.62. The molecule has 1 aliphatic heterocycles. The molecular formula is C16H21BN2O2. The molecule has 0 radical (unpaired) electrons. The predicted molar refractivity (Wildman–Crippen MR) is 84.7 cm³/mol. The lowest BCUT2D eigenvalue weighted by molar-refractivity contribution is 0.00578. The Morgan fingerprint density at radius 3 is 1.95 bits per heavy atom. The largest absolute Gasteiger partial charge is 0.494 e. The molecule has 0 aliphatic carbocycles. The van der Waals surface area contributed by atoms with E-state index < -0.39 is 0 Å². The van der Waals surface area contributed by atoms with Crippen molar-refractivity contribution in [1.29, 1.82) is 0 Å². The van der Waals surface area contributed by atoms with Gasteiger partial charge in [0.25, 0.3) is 0 Å². The first kappa shape index (κ1) is 14.5. The molecule has 1 aromatic heterocycles. The van der Waals surface area contributed by atoms with Crippen LogP contribution in [0.2, 0.25) is 0 Å². The van der Waals surface area contributed by atoms with Gasteiger partial charge in [0, 0.05) is 0 Å². The van der Waals surface area contributed by atoms with Crippen molar-refractivity contribution < 1.29 is 9.31 Å². The molecule has 2 heterocycles. The van der Waals surface area contributed by atoms with Crippen molar-refractivity contribution in [1.82, 2.24) is 9.97 Å². The van der Waals surface area contributed by atoms with E-state index in [1.807, 2.05) is 32.0 Å². The highest BCUT2D eigenvalue weighted by Gasteiger charge is 2.51. The molecular weight excluding hydrogens is 263 g/mol. The lowest BCUT2D eigenvalue weighted by atomic mass is 9.79. The van der Waals surface area contributed by atoms with Crippen LogP contribution in [0.25, 0.3) is 11.0 Å². The van der Waals surface area contributed by atoms with Crippen molar-refractivity contribution in [3.05, 3.63) is 29.6 Å². The summed E-state index contributed by atoms with van der Waals surface area (Å²) in [6.45, 7) is 12.2. The second-order valence-electron chi connectivity index (χ2n) is 6.73. The van der Waals surface area contributed by atoms with Crippen molar-refractivity contribution in [3.63, 3.8) is 0 Å². The first-order valence-corrected chi connectivity index (χ1v) is 7.30. The van der Waals surface area contributed by atoms with Crippen LogP contribution in [0.15, 0.2) is 18.2 Å². The first-order valence-electron chi connectivity index (χ1n) is 7.30. The highest BCUT2D eigenvalue weighted by Crippen LogP contribution is 2.36. The molecule has 5 heteroatoms. The fraction of sp³-hybridized carbons (Fsp3) is 0.500. The Bertz CT molecular complexity index is 697. The van der Waals surface area contributed by atoms with Crippen LogP contribution < -0.4 is 5.46 Å². The fourth-order valence-electron chi connectivity index (χ4n) is 2.37. The third-order valence-electron chi connectivity index (χ3n) is 4.62. The third-order valence-corrected chi connectivity index (χ3v) is 4.62. The van der Waals surface area contributed by atoms with Crippen LogP contribution in [-0.2, 0) is 9.31 Å². The quantitative estimate of drug-likeness (QED) is 0.755. The Morgan fingerprint density at radius 1 is 0.857 bits per heavy atom. The number of fused-ring (bicyclic) bond motifs is 1. The minimum atomic E-state index is -0.359. The molecule has 21 heavy (non-hydrogen) atoms. The number of hydrogen-bond donors (Lipinski definition) is 0. The monoisotopic (exact) mass is 284 g/mol. The molecule has 0 N–H and O–H groups in total. The van der Waals surface area contributed by atoms with Gasteiger partial charge in [-0.3, -0.25) is 0 Å². The molecule has 0 bridgehead atoms. The molecule has 1 aliphatic rings. The Kier molecular flexibility index (Phi) is 3.12. The summed E-state index contributed by atoms with van der Waals surface area (Å²) in [6, 6.07) is 6.00. The second-order valence-corrected chi connectivity index (χ2v) is 6.73. The van der Waals surface area contributed by atoms with Gasteiger partial charge in [-0.15, -0.1) is 0 Å². The Morgan fingerprint density at radius 2 is 1.38 bits per heavy atom. The normalized spacial score (nSPS) is 20.2. The Labute approximate surface area is 126 Å². The molecule has 2 aromatic rings. The zero-order chi connectivity index (χ0) is 15.4. The average molecular weight is 284 g/mol. The smallest absolute Gasteiger partial charge is 0.399 e. The standard InChI is InChI=1S/C16H21BN2O2/c1-10-11(2)19-14-9-12(7-8-13(14)18-10)17-20-15(3,4)16(5,6)21-17/h7-9H,1-6H3. The van der Waals surface area contributed by atoms with E-state index in [4.69, 9.17) is 9.31 Å². The molecule has 0 unspecified atom stereocenters. The summed E-state index contributed by atoms with van der Waals surface area (Å²) in [7, 11) is -0.359. The maximum atomic E-state index is 6.08. The minimum Gasteiger partial charge on any atom is -0.399 e. The van der Waals surface area contributed by atoms with Gasteiger partial charge >= 0.3 is 7.12 Å². The van der Waals surface area contributed by atoms with Crippen LogP contribution >= 0.6 is 0 Å². The van der Waals surface area contributed by atoms with E-state index in [1.165, 1.54) is 0 Å². The van der Waals surface area contributed by atoms with Gasteiger partial charge in [-0.05, 0) is 59.1 Å². The zero-order valence-electron chi connectivity index (χ0n) is 13.5. The van der Waals surface area contributed by atoms with E-state index in [-0.39, 0.29) is 18.3 Å². The number of aryl methyl sites for hydroxylation is 2. The van der Waals surface area contributed by atoms with Gasteiger partial charge in [0.15, 0.2) is 0 Å². The van der Waals surface area contributed by atoms with Crippen molar-refractivity contribution in [2.24, 2.45) is 0 Å². The Hall–Kier alpha value is -1.46. The van der Waals surface area contributed by atoms with Crippen LogP contribution in [-0.4, -0.2) is 28.3 Å². The van der Waals surface area contributed by atoms with Crippen molar-refractivity contribution in [3.8, 4) is 0 Å². The van der Waals surface area contributed by atoms with E-state index in [0.717, 1.165) is 27.9 Å². The maximum absolute atomic E-state index is 6.08. The van der Waals surface area contributed by atoms with Gasteiger partial charge in [-0.25, -0.2) is 9.97 Å². The van der Waals surface area contributed by atoms with Gasteiger partial charge in [0.05, 0.1) is 33.6 Å². The summed E-state index contributed by atoms with van der Waals surface area (Å²) in [4.78, 5) is 9.16. The van der Waals surface area contributed by atoms with Gasteiger partial charge in [0.2, 0.25) is 0 Å². The molecule has 1 aromatic carbocycles. The molecule has 4 nitrogen and oxygen atoms in total. The van der Waals surface area contributed by atoms with E-state index in [9.17, 15) is 0 Å².